The van der Waals surface area contributed by atoms with Crippen LogP contribution < -0.4 is 5.32 Å². The zero-order valence-corrected chi connectivity index (χ0v) is 9.96. The molecule has 0 atom stereocenters. The number of hydrogen-bond donors (Lipinski definition) is 1. The summed E-state index contributed by atoms with van der Waals surface area (Å²) in [5, 5.41) is 14.0. The fraction of sp³-hybridized carbons (Fsp3) is 0.417. The quantitative estimate of drug-likeness (QED) is 0.636. The van der Waals surface area contributed by atoms with Gasteiger partial charge in [0.2, 0.25) is 0 Å². The minimum absolute atomic E-state index is 1.01. The molecule has 0 aromatic heterocycles. The Morgan fingerprint density at radius 2 is 1.94 bits per heavy atom. The second kappa shape index (κ2) is 5.90. The standard InChI is InChI=1S/C12H15N3S/c13-10-16-12-3-1-11(2-4-12)9-15-7-5-14-6-8-15/h1-4,14H,5-9H2. The van der Waals surface area contributed by atoms with Crippen molar-refractivity contribution in [2.45, 2.75) is 11.4 Å². The summed E-state index contributed by atoms with van der Waals surface area (Å²) in [5.41, 5.74) is 1.32. The van der Waals surface area contributed by atoms with Crippen molar-refractivity contribution in [2.24, 2.45) is 0 Å². The Labute approximate surface area is 100 Å². The first-order chi connectivity index (χ1) is 7.88. The maximum atomic E-state index is 8.55. The van der Waals surface area contributed by atoms with Gasteiger partial charge in [0.05, 0.1) is 0 Å². The fourth-order valence-corrected chi connectivity index (χ4v) is 2.22. The summed E-state index contributed by atoms with van der Waals surface area (Å²) in [5.74, 6) is 0. The van der Waals surface area contributed by atoms with Crippen molar-refractivity contribution < 1.29 is 0 Å². The van der Waals surface area contributed by atoms with Crippen LogP contribution in [0, 0.1) is 10.7 Å². The van der Waals surface area contributed by atoms with Gasteiger partial charge in [0.1, 0.15) is 5.40 Å². The molecule has 0 aliphatic carbocycles. The lowest BCUT2D eigenvalue weighted by Gasteiger charge is -2.27. The average molecular weight is 233 g/mol. The van der Waals surface area contributed by atoms with Gasteiger partial charge in [-0.25, -0.2) is 0 Å². The van der Waals surface area contributed by atoms with Gasteiger partial charge in [0, 0.05) is 37.6 Å². The maximum absolute atomic E-state index is 8.55. The van der Waals surface area contributed by atoms with E-state index in [0.29, 0.717) is 0 Å². The summed E-state index contributed by atoms with van der Waals surface area (Å²) in [6.45, 7) is 5.42. The molecule has 1 aromatic rings. The number of thioether (sulfide) groups is 1. The second-order valence-corrected chi connectivity index (χ2v) is 4.72. The van der Waals surface area contributed by atoms with Gasteiger partial charge in [-0.3, -0.25) is 4.90 Å². The van der Waals surface area contributed by atoms with Crippen molar-refractivity contribution in [3.63, 3.8) is 0 Å². The molecule has 16 heavy (non-hydrogen) atoms. The minimum atomic E-state index is 1.01. The lowest BCUT2D eigenvalue weighted by atomic mass is 10.2. The monoisotopic (exact) mass is 233 g/mol. The average Bonchev–Trinajstić information content (AvgIpc) is 2.33. The Morgan fingerprint density at radius 3 is 2.56 bits per heavy atom. The number of benzene rings is 1. The molecule has 0 bridgehead atoms. The molecule has 1 N–H and O–H groups in total. The summed E-state index contributed by atoms with van der Waals surface area (Å²) in [6.07, 6.45) is 0. The number of nitriles is 1. The lowest BCUT2D eigenvalue weighted by Crippen LogP contribution is -2.42. The van der Waals surface area contributed by atoms with Gasteiger partial charge in [-0.15, -0.1) is 0 Å². The number of hydrogen-bond acceptors (Lipinski definition) is 4. The van der Waals surface area contributed by atoms with Crippen LogP contribution in [-0.4, -0.2) is 31.1 Å². The van der Waals surface area contributed by atoms with Gasteiger partial charge in [-0.2, -0.15) is 5.26 Å². The zero-order chi connectivity index (χ0) is 11.2. The molecule has 1 aliphatic heterocycles. The highest BCUT2D eigenvalue weighted by Gasteiger charge is 2.09. The molecular weight excluding hydrogens is 218 g/mol. The number of nitrogens with one attached hydrogen (secondary N) is 1. The van der Waals surface area contributed by atoms with Crippen LogP contribution >= 0.6 is 11.8 Å². The van der Waals surface area contributed by atoms with Crippen molar-refractivity contribution >= 4 is 11.8 Å². The molecule has 0 unspecified atom stereocenters. The molecule has 1 fully saturated rings. The van der Waals surface area contributed by atoms with Crippen LogP contribution in [0.25, 0.3) is 0 Å². The van der Waals surface area contributed by atoms with E-state index in [1.807, 2.05) is 12.1 Å². The van der Waals surface area contributed by atoms with E-state index in [1.54, 1.807) is 0 Å². The van der Waals surface area contributed by atoms with Crippen molar-refractivity contribution in [2.75, 3.05) is 26.2 Å². The van der Waals surface area contributed by atoms with E-state index in [9.17, 15) is 0 Å². The van der Waals surface area contributed by atoms with E-state index in [0.717, 1.165) is 37.6 Å². The van der Waals surface area contributed by atoms with Gasteiger partial charge in [-0.05, 0) is 29.5 Å². The Morgan fingerprint density at radius 1 is 1.25 bits per heavy atom. The second-order valence-electron chi connectivity index (χ2n) is 3.86. The first kappa shape index (κ1) is 11.5. The molecule has 1 saturated heterocycles. The third-order valence-electron chi connectivity index (χ3n) is 2.70. The maximum Gasteiger partial charge on any atom is 0.138 e. The summed E-state index contributed by atoms with van der Waals surface area (Å²) in [7, 11) is 0. The highest BCUT2D eigenvalue weighted by molar-refractivity contribution is 8.03. The van der Waals surface area contributed by atoms with Crippen LogP contribution in [0.4, 0.5) is 0 Å². The minimum Gasteiger partial charge on any atom is -0.314 e. The SMILES string of the molecule is N#CSc1ccc(CN2CCNCC2)cc1. The molecule has 3 nitrogen and oxygen atoms in total. The first-order valence-electron chi connectivity index (χ1n) is 5.46. The largest absolute Gasteiger partial charge is 0.314 e. The van der Waals surface area contributed by atoms with Crippen molar-refractivity contribution in [1.29, 1.82) is 5.26 Å². The molecule has 1 aliphatic rings. The highest BCUT2D eigenvalue weighted by atomic mass is 32.2. The Hall–Kier alpha value is -1.02. The van der Waals surface area contributed by atoms with Crippen LogP contribution in [0.1, 0.15) is 5.56 Å². The Bertz CT molecular complexity index is 363. The highest BCUT2D eigenvalue weighted by Crippen LogP contribution is 2.17. The predicted molar refractivity (Wildman–Crippen MR) is 66.1 cm³/mol. The molecule has 4 heteroatoms. The van der Waals surface area contributed by atoms with Crippen LogP contribution in [0.3, 0.4) is 0 Å². The summed E-state index contributed by atoms with van der Waals surface area (Å²) in [6, 6.07) is 8.26. The number of piperazine rings is 1. The Kier molecular flexibility index (Phi) is 4.23. The molecule has 0 saturated carbocycles. The molecule has 0 radical (unpaired) electrons. The molecule has 84 valence electrons. The van der Waals surface area contributed by atoms with Crippen molar-refractivity contribution in [3.05, 3.63) is 29.8 Å². The topological polar surface area (TPSA) is 39.1 Å². The van der Waals surface area contributed by atoms with Gasteiger partial charge in [-0.1, -0.05) is 12.1 Å². The lowest BCUT2D eigenvalue weighted by molar-refractivity contribution is 0.233. The van der Waals surface area contributed by atoms with Gasteiger partial charge < -0.3 is 5.32 Å². The number of rotatable bonds is 3. The van der Waals surface area contributed by atoms with E-state index in [1.165, 1.54) is 17.3 Å². The molecule has 1 aromatic carbocycles. The third-order valence-corrected chi connectivity index (χ3v) is 3.30. The van der Waals surface area contributed by atoms with Crippen LogP contribution in [-0.2, 0) is 6.54 Å². The normalized spacial score (nSPS) is 16.9. The van der Waals surface area contributed by atoms with E-state index >= 15 is 0 Å². The van der Waals surface area contributed by atoms with Crippen molar-refractivity contribution in [3.8, 4) is 5.40 Å². The molecular formula is C12H15N3S. The van der Waals surface area contributed by atoms with E-state index in [-0.39, 0.29) is 0 Å². The van der Waals surface area contributed by atoms with Crippen molar-refractivity contribution in [1.82, 2.24) is 10.2 Å². The summed E-state index contributed by atoms with van der Waals surface area (Å²) in [4.78, 5) is 3.47. The van der Waals surface area contributed by atoms with E-state index in [2.05, 4.69) is 27.8 Å². The smallest absolute Gasteiger partial charge is 0.138 e. The summed E-state index contributed by atoms with van der Waals surface area (Å²) >= 11 is 1.21. The van der Waals surface area contributed by atoms with Gasteiger partial charge in [0.15, 0.2) is 0 Å². The van der Waals surface area contributed by atoms with E-state index in [4.69, 9.17) is 5.26 Å². The molecule has 0 amide bonds. The molecule has 2 rings (SSSR count). The first-order valence-corrected chi connectivity index (χ1v) is 6.28. The van der Waals surface area contributed by atoms with Crippen LogP contribution in [0.5, 0.6) is 0 Å². The van der Waals surface area contributed by atoms with Crippen LogP contribution in [0.2, 0.25) is 0 Å². The molecule has 1 heterocycles. The zero-order valence-electron chi connectivity index (χ0n) is 9.15. The molecule has 0 spiro atoms. The fourth-order valence-electron chi connectivity index (χ4n) is 1.84. The summed E-state index contributed by atoms with van der Waals surface area (Å²) < 4.78 is 0. The van der Waals surface area contributed by atoms with Gasteiger partial charge in [0.25, 0.3) is 0 Å². The predicted octanol–water partition coefficient (Wildman–Crippen LogP) is 1.66. The third kappa shape index (κ3) is 3.24. The number of thiocyanates is 1. The van der Waals surface area contributed by atoms with E-state index < -0.39 is 0 Å². The van der Waals surface area contributed by atoms with Crippen LogP contribution in [0.15, 0.2) is 29.2 Å². The number of nitrogens with zero attached hydrogens (tertiary/aromatic N) is 2. The Balaban J connectivity index is 1.91. The van der Waals surface area contributed by atoms with Gasteiger partial charge >= 0.3 is 0 Å².